The van der Waals surface area contributed by atoms with Gasteiger partial charge in [-0.05, 0) is 0 Å². The first kappa shape index (κ1) is 7.01. The predicted octanol–water partition coefficient (Wildman–Crippen LogP) is 1.77. The van der Waals surface area contributed by atoms with E-state index in [0.717, 1.165) is 20.3 Å². The Morgan fingerprint density at radius 3 is 2.86 bits per heavy atom. The molecule has 1 nitrogen and oxygen atoms in total. The van der Waals surface area contributed by atoms with Crippen LogP contribution in [0.25, 0.3) is 0 Å². The first-order valence-corrected chi connectivity index (χ1v) is 3.69. The van der Waals surface area contributed by atoms with E-state index in [1.165, 1.54) is 12.8 Å². The number of hydrogen-bond donors (Lipinski definition) is 0. The summed E-state index contributed by atoms with van der Waals surface area (Å²) in [6.07, 6.45) is 2.41. The molecule has 2 heteroatoms. The minimum absolute atomic E-state index is 0.730. The van der Waals surface area contributed by atoms with Gasteiger partial charge < -0.3 is 0 Å². The summed E-state index contributed by atoms with van der Waals surface area (Å²) in [5.41, 5.74) is 0. The average Bonchev–Trinajstić information content (AvgIpc) is 1.69. The number of nitriles is 1. The van der Waals surface area contributed by atoms with Gasteiger partial charge in [0.25, 0.3) is 0 Å². The number of nitrogens with zero attached hydrogens (tertiary/aromatic N) is 1. The van der Waals surface area contributed by atoms with Crippen LogP contribution in [0, 0.1) is 10.2 Å². The van der Waals surface area contributed by atoms with Crippen molar-refractivity contribution in [1.82, 2.24) is 0 Å². The molecule has 0 spiro atoms. The topological polar surface area (TPSA) is 23.8 Å². The Morgan fingerprint density at radius 1 is 1.71 bits per heavy atom. The summed E-state index contributed by atoms with van der Waals surface area (Å²) in [4.78, 5) is 2.10. The molecule has 0 atom stereocenters. The van der Waals surface area contributed by atoms with Crippen LogP contribution in [0.1, 0.15) is 19.8 Å². The Hall–Kier alpha value is 0.00948. The Morgan fingerprint density at radius 2 is 2.43 bits per heavy atom. The minimum atomic E-state index is 0.730. The molecule has 0 saturated heterocycles. The van der Waals surface area contributed by atoms with Gasteiger partial charge in [0.05, 0.1) is 0 Å². The predicted molar refractivity (Wildman–Crippen MR) is 25.3 cm³/mol. The molecule has 0 saturated carbocycles. The van der Waals surface area contributed by atoms with Gasteiger partial charge >= 0.3 is 50.3 Å². The molecule has 7 heavy (non-hydrogen) atoms. The zero-order chi connectivity index (χ0) is 5.54. The molecule has 0 unspecified atom stereocenters. The molecule has 0 heterocycles. The maximum atomic E-state index is 8.04. The summed E-state index contributed by atoms with van der Waals surface area (Å²) in [6.45, 7) is 2.14. The van der Waals surface area contributed by atoms with Gasteiger partial charge in [0, 0.05) is 0 Å². The van der Waals surface area contributed by atoms with Crippen molar-refractivity contribution in [2.24, 2.45) is 0 Å². The molecule has 0 radical (unpaired) electrons. The van der Waals surface area contributed by atoms with Crippen molar-refractivity contribution < 1.29 is 15.0 Å². The second-order valence-electron chi connectivity index (χ2n) is 1.23. The van der Waals surface area contributed by atoms with Gasteiger partial charge in [-0.2, -0.15) is 0 Å². The standard InChI is InChI=1S/C4H9.CN.Fe/c1-3-4-2;1-2;/h1,3-4H2,2H3;;. The number of hydrogen-bond acceptors (Lipinski definition) is 1. The van der Waals surface area contributed by atoms with Crippen molar-refractivity contribution in [3.8, 4) is 4.97 Å². The molecule has 0 aromatic rings. The Labute approximate surface area is 50.9 Å². The molecular formula is C5H9FeN. The fourth-order valence-electron chi connectivity index (χ4n) is 0.227. The van der Waals surface area contributed by atoms with E-state index in [-0.39, 0.29) is 0 Å². The Bertz CT molecular complexity index is 65.0. The molecule has 0 aliphatic heterocycles. The van der Waals surface area contributed by atoms with Gasteiger partial charge in [-0.1, -0.05) is 0 Å². The molecule has 0 fully saturated rings. The van der Waals surface area contributed by atoms with Crippen molar-refractivity contribution >= 4 is 0 Å². The normalized spacial score (nSPS) is 8.57. The maximum absolute atomic E-state index is 8.04. The third-order valence-corrected chi connectivity index (χ3v) is 1.46. The van der Waals surface area contributed by atoms with Gasteiger partial charge in [0.1, 0.15) is 0 Å². The molecular weight excluding hydrogens is 130 g/mol. The summed E-state index contributed by atoms with van der Waals surface area (Å²) in [5, 5.41) is 9.12. The second-order valence-corrected chi connectivity index (χ2v) is 2.42. The third kappa shape index (κ3) is 6.01. The van der Waals surface area contributed by atoms with E-state index in [4.69, 9.17) is 5.26 Å². The molecule has 0 rings (SSSR count). The Kier molecular flexibility index (Phi) is 6.02. The van der Waals surface area contributed by atoms with Crippen LogP contribution in [0.2, 0.25) is 5.32 Å². The van der Waals surface area contributed by atoms with E-state index in [1.54, 1.807) is 0 Å². The van der Waals surface area contributed by atoms with Gasteiger partial charge in [-0.15, -0.1) is 0 Å². The summed E-state index contributed by atoms with van der Waals surface area (Å²) in [6, 6.07) is 0. The average molecular weight is 139 g/mol. The van der Waals surface area contributed by atoms with Crippen LogP contribution in [0.4, 0.5) is 0 Å². The molecule has 42 valence electrons. The van der Waals surface area contributed by atoms with Crippen LogP contribution in [0.5, 0.6) is 0 Å². The van der Waals surface area contributed by atoms with E-state index in [9.17, 15) is 0 Å². The molecule has 0 amide bonds. The summed E-state index contributed by atoms with van der Waals surface area (Å²) in [5.74, 6) is 0. The van der Waals surface area contributed by atoms with Gasteiger partial charge in [-0.25, -0.2) is 0 Å². The zero-order valence-electron chi connectivity index (χ0n) is 4.42. The summed E-state index contributed by atoms with van der Waals surface area (Å²) >= 11 is 0.730. The van der Waals surface area contributed by atoms with Crippen LogP contribution in [0.3, 0.4) is 0 Å². The van der Waals surface area contributed by atoms with E-state index in [2.05, 4.69) is 11.9 Å². The monoisotopic (exact) mass is 139 g/mol. The van der Waals surface area contributed by atoms with Crippen molar-refractivity contribution in [3.63, 3.8) is 0 Å². The van der Waals surface area contributed by atoms with Crippen molar-refractivity contribution in [2.45, 2.75) is 25.1 Å². The van der Waals surface area contributed by atoms with Gasteiger partial charge in [-0.3, -0.25) is 0 Å². The molecule has 0 bridgehead atoms. The molecule has 0 N–H and O–H groups in total. The fourth-order valence-corrected chi connectivity index (χ4v) is 0.936. The van der Waals surface area contributed by atoms with Crippen LogP contribution >= 0.6 is 0 Å². The van der Waals surface area contributed by atoms with Crippen LogP contribution in [-0.4, -0.2) is 0 Å². The summed E-state index contributed by atoms with van der Waals surface area (Å²) < 4.78 is 0. The third-order valence-electron chi connectivity index (χ3n) is 0.623. The zero-order valence-corrected chi connectivity index (χ0v) is 5.53. The van der Waals surface area contributed by atoms with Crippen molar-refractivity contribution in [3.05, 3.63) is 0 Å². The van der Waals surface area contributed by atoms with Crippen molar-refractivity contribution in [1.29, 1.82) is 5.26 Å². The van der Waals surface area contributed by atoms with E-state index in [0.29, 0.717) is 0 Å². The van der Waals surface area contributed by atoms with Crippen LogP contribution in [0.15, 0.2) is 0 Å². The first-order valence-electron chi connectivity index (χ1n) is 2.36. The molecule has 0 aromatic heterocycles. The van der Waals surface area contributed by atoms with E-state index >= 15 is 0 Å². The van der Waals surface area contributed by atoms with Crippen LogP contribution < -0.4 is 0 Å². The molecule has 0 aliphatic rings. The molecule has 0 aromatic carbocycles. The van der Waals surface area contributed by atoms with E-state index < -0.39 is 0 Å². The van der Waals surface area contributed by atoms with Gasteiger partial charge in [0.2, 0.25) is 0 Å². The second kappa shape index (κ2) is 6.01. The van der Waals surface area contributed by atoms with E-state index in [1.807, 2.05) is 0 Å². The molecule has 0 aliphatic carbocycles. The quantitative estimate of drug-likeness (QED) is 0.431. The van der Waals surface area contributed by atoms with Crippen LogP contribution in [-0.2, 0) is 15.0 Å². The fraction of sp³-hybridized carbons (Fsp3) is 0.800. The van der Waals surface area contributed by atoms with Crippen molar-refractivity contribution in [2.75, 3.05) is 0 Å². The van der Waals surface area contributed by atoms with Gasteiger partial charge in [0.15, 0.2) is 0 Å². The number of rotatable bonds is 3. The SMILES string of the molecule is CCC[CH2][Fe][C]#N. The Balaban J connectivity index is 2.60. The first-order chi connectivity index (χ1) is 3.41. The summed E-state index contributed by atoms with van der Waals surface area (Å²) in [7, 11) is 0. The number of unbranched alkanes of at least 4 members (excludes halogenated alkanes) is 1.